The number of nitrogens with zero attached hydrogens (tertiary/aromatic N) is 2. The molecule has 0 unspecified atom stereocenters. The van der Waals surface area contributed by atoms with Gasteiger partial charge in [-0.15, -0.1) is 0 Å². The van der Waals surface area contributed by atoms with Gasteiger partial charge in [-0.3, -0.25) is 4.79 Å². The average molecular weight is 276 g/mol. The van der Waals surface area contributed by atoms with Crippen molar-refractivity contribution >= 4 is 29.1 Å². The summed E-state index contributed by atoms with van der Waals surface area (Å²) in [6.07, 6.45) is 5.93. The molecule has 4 nitrogen and oxygen atoms in total. The standard InChI is InChI=1S/C11H18ClN3OS/c1-3-15-11(16)10(12)9(8-14-15)13-6-4-5-7-17-2/h8,13H,3-7H2,1-2H3. The van der Waals surface area contributed by atoms with E-state index in [1.807, 2.05) is 18.7 Å². The van der Waals surface area contributed by atoms with Gasteiger partial charge < -0.3 is 5.32 Å². The van der Waals surface area contributed by atoms with E-state index in [4.69, 9.17) is 11.6 Å². The molecule has 0 amide bonds. The number of rotatable bonds is 7. The summed E-state index contributed by atoms with van der Waals surface area (Å²) < 4.78 is 1.35. The second kappa shape index (κ2) is 7.61. The van der Waals surface area contributed by atoms with Crippen molar-refractivity contribution in [2.45, 2.75) is 26.3 Å². The summed E-state index contributed by atoms with van der Waals surface area (Å²) in [4.78, 5) is 11.7. The van der Waals surface area contributed by atoms with Crippen molar-refractivity contribution in [3.05, 3.63) is 21.6 Å². The van der Waals surface area contributed by atoms with Crippen molar-refractivity contribution in [1.29, 1.82) is 0 Å². The Morgan fingerprint density at radius 2 is 2.29 bits per heavy atom. The van der Waals surface area contributed by atoms with Crippen molar-refractivity contribution in [2.75, 3.05) is 23.9 Å². The van der Waals surface area contributed by atoms with Crippen LogP contribution in [0, 0.1) is 0 Å². The largest absolute Gasteiger partial charge is 0.382 e. The zero-order valence-electron chi connectivity index (χ0n) is 10.2. The van der Waals surface area contributed by atoms with E-state index >= 15 is 0 Å². The lowest BCUT2D eigenvalue weighted by molar-refractivity contribution is 0.616. The van der Waals surface area contributed by atoms with E-state index in [1.54, 1.807) is 6.20 Å². The number of hydrogen-bond acceptors (Lipinski definition) is 4. The molecule has 0 radical (unpaired) electrons. The molecule has 1 N–H and O–H groups in total. The molecule has 1 rings (SSSR count). The first kappa shape index (κ1) is 14.4. The Kier molecular flexibility index (Phi) is 6.44. The maximum Gasteiger partial charge on any atom is 0.287 e. The van der Waals surface area contributed by atoms with E-state index in [2.05, 4.69) is 16.7 Å². The second-order valence-corrected chi connectivity index (χ2v) is 4.98. The highest BCUT2D eigenvalue weighted by Crippen LogP contribution is 2.15. The molecule has 0 aliphatic carbocycles. The molecule has 1 heterocycles. The number of thioether (sulfide) groups is 1. The van der Waals surface area contributed by atoms with Crippen LogP contribution < -0.4 is 10.9 Å². The fraction of sp³-hybridized carbons (Fsp3) is 0.636. The molecule has 1 aromatic heterocycles. The van der Waals surface area contributed by atoms with Crippen molar-refractivity contribution in [3.8, 4) is 0 Å². The number of unbranched alkanes of at least 4 members (excludes halogenated alkanes) is 1. The van der Waals surface area contributed by atoms with Crippen LogP contribution in [0.2, 0.25) is 5.02 Å². The minimum Gasteiger partial charge on any atom is -0.382 e. The van der Waals surface area contributed by atoms with E-state index in [1.165, 1.54) is 4.68 Å². The van der Waals surface area contributed by atoms with Crippen LogP contribution >= 0.6 is 23.4 Å². The SMILES string of the molecule is CCn1ncc(NCCCCSC)c(Cl)c1=O. The normalized spacial score (nSPS) is 10.5. The molecule has 0 fully saturated rings. The van der Waals surface area contributed by atoms with Gasteiger partial charge in [-0.05, 0) is 31.8 Å². The Morgan fingerprint density at radius 3 is 2.94 bits per heavy atom. The molecule has 0 aromatic carbocycles. The van der Waals surface area contributed by atoms with E-state index in [-0.39, 0.29) is 10.6 Å². The maximum absolute atomic E-state index is 11.7. The van der Waals surface area contributed by atoms with Crippen LogP contribution in [0.3, 0.4) is 0 Å². The molecule has 6 heteroatoms. The number of nitrogens with one attached hydrogen (secondary N) is 1. The highest BCUT2D eigenvalue weighted by atomic mass is 35.5. The van der Waals surface area contributed by atoms with Crippen LogP contribution in [0.4, 0.5) is 5.69 Å². The van der Waals surface area contributed by atoms with Gasteiger partial charge in [-0.25, -0.2) is 4.68 Å². The van der Waals surface area contributed by atoms with Crippen molar-refractivity contribution < 1.29 is 0 Å². The Balaban J connectivity index is 2.55. The van der Waals surface area contributed by atoms with E-state index < -0.39 is 0 Å². The monoisotopic (exact) mass is 275 g/mol. The predicted octanol–water partition coefficient (Wildman–Crippen LogP) is 2.47. The summed E-state index contributed by atoms with van der Waals surface area (Å²) in [6.45, 7) is 3.21. The number of hydrogen-bond donors (Lipinski definition) is 1. The predicted molar refractivity (Wildman–Crippen MR) is 75.3 cm³/mol. The molecule has 0 spiro atoms. The lowest BCUT2D eigenvalue weighted by atomic mass is 10.3. The molecule has 0 atom stereocenters. The van der Waals surface area contributed by atoms with Gasteiger partial charge >= 0.3 is 0 Å². The molecule has 96 valence electrons. The third kappa shape index (κ3) is 4.24. The number of halogens is 1. The van der Waals surface area contributed by atoms with Gasteiger partial charge in [0.05, 0.1) is 11.9 Å². The second-order valence-electron chi connectivity index (χ2n) is 3.62. The Labute approximate surface area is 111 Å². The van der Waals surface area contributed by atoms with Crippen LogP contribution in [0.15, 0.2) is 11.0 Å². The summed E-state index contributed by atoms with van der Waals surface area (Å²) in [7, 11) is 0. The van der Waals surface area contributed by atoms with Gasteiger partial charge in [-0.2, -0.15) is 16.9 Å². The summed E-state index contributed by atoms with van der Waals surface area (Å²) in [5, 5.41) is 7.40. The number of anilines is 1. The Morgan fingerprint density at radius 1 is 1.53 bits per heavy atom. The lowest BCUT2D eigenvalue weighted by Gasteiger charge is -2.08. The van der Waals surface area contributed by atoms with Gasteiger partial charge in [0.25, 0.3) is 5.56 Å². The zero-order chi connectivity index (χ0) is 12.7. The van der Waals surface area contributed by atoms with Gasteiger partial charge in [0.15, 0.2) is 0 Å². The zero-order valence-corrected chi connectivity index (χ0v) is 11.8. The van der Waals surface area contributed by atoms with E-state index in [0.717, 1.165) is 25.1 Å². The van der Waals surface area contributed by atoms with Crippen molar-refractivity contribution in [2.24, 2.45) is 0 Å². The summed E-state index contributed by atoms with van der Waals surface area (Å²) in [5.74, 6) is 1.16. The minimum absolute atomic E-state index is 0.228. The summed E-state index contributed by atoms with van der Waals surface area (Å²) >= 11 is 7.82. The summed E-state index contributed by atoms with van der Waals surface area (Å²) in [5.41, 5.74) is 0.397. The number of aromatic nitrogens is 2. The van der Waals surface area contributed by atoms with Gasteiger partial charge in [0, 0.05) is 13.1 Å². The van der Waals surface area contributed by atoms with E-state index in [9.17, 15) is 4.79 Å². The van der Waals surface area contributed by atoms with Crippen LogP contribution in [0.1, 0.15) is 19.8 Å². The minimum atomic E-state index is -0.233. The molecule has 0 saturated heterocycles. The molecular weight excluding hydrogens is 258 g/mol. The van der Waals surface area contributed by atoms with Crippen LogP contribution in [0.25, 0.3) is 0 Å². The van der Waals surface area contributed by atoms with Gasteiger partial charge in [0.2, 0.25) is 0 Å². The Bertz CT molecular complexity index is 408. The molecule has 17 heavy (non-hydrogen) atoms. The fourth-order valence-corrected chi connectivity index (χ4v) is 2.11. The molecule has 0 saturated carbocycles. The van der Waals surface area contributed by atoms with E-state index in [0.29, 0.717) is 12.2 Å². The Hall–Kier alpha value is -0.680. The lowest BCUT2D eigenvalue weighted by Crippen LogP contribution is -2.23. The highest BCUT2D eigenvalue weighted by Gasteiger charge is 2.07. The smallest absolute Gasteiger partial charge is 0.287 e. The average Bonchev–Trinajstić information content (AvgIpc) is 2.34. The van der Waals surface area contributed by atoms with Gasteiger partial charge in [0.1, 0.15) is 5.02 Å². The molecule has 0 aliphatic rings. The quantitative estimate of drug-likeness (QED) is 0.777. The van der Waals surface area contributed by atoms with Crippen LogP contribution in [0.5, 0.6) is 0 Å². The fourth-order valence-electron chi connectivity index (χ4n) is 1.41. The molecular formula is C11H18ClN3OS. The molecule has 1 aromatic rings. The topological polar surface area (TPSA) is 46.9 Å². The highest BCUT2D eigenvalue weighted by molar-refractivity contribution is 7.98. The third-order valence-corrected chi connectivity index (χ3v) is 3.44. The van der Waals surface area contributed by atoms with Crippen molar-refractivity contribution in [3.63, 3.8) is 0 Å². The van der Waals surface area contributed by atoms with Crippen LogP contribution in [-0.4, -0.2) is 28.3 Å². The summed E-state index contributed by atoms with van der Waals surface area (Å²) in [6, 6.07) is 0. The first-order valence-corrected chi connectivity index (χ1v) is 7.46. The van der Waals surface area contributed by atoms with Crippen molar-refractivity contribution in [1.82, 2.24) is 9.78 Å². The maximum atomic E-state index is 11.7. The van der Waals surface area contributed by atoms with Crippen LogP contribution in [-0.2, 0) is 6.54 Å². The third-order valence-electron chi connectivity index (χ3n) is 2.38. The molecule has 0 bridgehead atoms. The first-order valence-electron chi connectivity index (χ1n) is 5.69. The first-order chi connectivity index (χ1) is 8.20. The number of aryl methyl sites for hydroxylation is 1. The van der Waals surface area contributed by atoms with Gasteiger partial charge in [-0.1, -0.05) is 11.6 Å². The molecule has 0 aliphatic heterocycles.